The van der Waals surface area contributed by atoms with Crippen molar-refractivity contribution in [3.63, 3.8) is 0 Å². The highest BCUT2D eigenvalue weighted by molar-refractivity contribution is 5.98. The number of Topliss-reactive ketones (excluding diaryl/α,β-unsaturated/α-hetero) is 1. The van der Waals surface area contributed by atoms with Gasteiger partial charge in [0.15, 0.2) is 5.78 Å². The van der Waals surface area contributed by atoms with Crippen LogP contribution < -0.4 is 0 Å². The maximum Gasteiger partial charge on any atom is 0.177 e. The average Bonchev–Trinajstić information content (AvgIpc) is 2.36. The second-order valence-corrected chi connectivity index (χ2v) is 6.86. The van der Waals surface area contributed by atoms with Crippen molar-refractivity contribution < 1.29 is 4.79 Å². The SMILES string of the molecule is Cc1ccc(C(=O)CN(C)CC=CC#CC(C)(C)C)c(C)c1. The number of nitrogens with zero attached hydrogens (tertiary/aromatic N) is 1. The van der Waals surface area contributed by atoms with Gasteiger partial charge in [-0.15, -0.1) is 0 Å². The molecule has 0 saturated carbocycles. The van der Waals surface area contributed by atoms with Gasteiger partial charge in [0.05, 0.1) is 6.54 Å². The topological polar surface area (TPSA) is 20.3 Å². The molecule has 0 aliphatic heterocycles. The standard InChI is InChI=1S/C20H27NO/c1-16-10-11-18(17(2)14-16)19(22)15-21(6)13-9-7-8-12-20(3,4)5/h7,9-11,14H,13,15H2,1-6H3. The first kappa shape index (κ1) is 18.2. The molecule has 0 bridgehead atoms. The molecule has 0 spiro atoms. The van der Waals surface area contributed by atoms with E-state index in [1.807, 2.05) is 50.1 Å². The van der Waals surface area contributed by atoms with Gasteiger partial charge in [0, 0.05) is 17.5 Å². The van der Waals surface area contributed by atoms with Crippen LogP contribution in [0.4, 0.5) is 0 Å². The Kier molecular flexibility index (Phi) is 6.59. The Morgan fingerprint density at radius 1 is 1.27 bits per heavy atom. The molecule has 0 radical (unpaired) electrons. The Bertz CT molecular complexity index is 609. The van der Waals surface area contributed by atoms with Crippen LogP contribution in [0, 0.1) is 31.1 Å². The molecule has 0 atom stereocenters. The molecule has 1 aromatic carbocycles. The molecule has 0 fully saturated rings. The van der Waals surface area contributed by atoms with Gasteiger partial charge in [0.2, 0.25) is 0 Å². The predicted molar refractivity (Wildman–Crippen MR) is 94.1 cm³/mol. The fourth-order valence-corrected chi connectivity index (χ4v) is 2.07. The molecule has 118 valence electrons. The number of likely N-dealkylation sites (N-methyl/N-ethyl adjacent to an activating group) is 1. The van der Waals surface area contributed by atoms with Crippen molar-refractivity contribution in [1.82, 2.24) is 4.90 Å². The van der Waals surface area contributed by atoms with E-state index in [0.29, 0.717) is 6.54 Å². The minimum Gasteiger partial charge on any atom is -0.295 e. The van der Waals surface area contributed by atoms with E-state index in [0.717, 1.165) is 17.7 Å². The van der Waals surface area contributed by atoms with Crippen molar-refractivity contribution in [3.05, 3.63) is 47.0 Å². The first-order chi connectivity index (χ1) is 10.2. The fourth-order valence-electron chi connectivity index (χ4n) is 2.07. The number of aryl methyl sites for hydroxylation is 2. The van der Waals surface area contributed by atoms with Gasteiger partial charge in [-0.2, -0.15) is 0 Å². The molecule has 1 rings (SSSR count). The number of carbonyl (C=O) groups is 1. The maximum atomic E-state index is 12.3. The van der Waals surface area contributed by atoms with Crippen LogP contribution in [0.25, 0.3) is 0 Å². The Morgan fingerprint density at radius 2 is 1.95 bits per heavy atom. The highest BCUT2D eigenvalue weighted by Crippen LogP contribution is 2.12. The smallest absolute Gasteiger partial charge is 0.177 e. The third-order valence-corrected chi connectivity index (χ3v) is 3.16. The number of hydrogen-bond acceptors (Lipinski definition) is 2. The summed E-state index contributed by atoms with van der Waals surface area (Å²) in [5, 5.41) is 0. The molecule has 1 aromatic rings. The number of ketones is 1. The largest absolute Gasteiger partial charge is 0.295 e. The normalized spacial score (nSPS) is 11.6. The van der Waals surface area contributed by atoms with Crippen LogP contribution in [-0.2, 0) is 0 Å². The minimum atomic E-state index is 0.0230. The van der Waals surface area contributed by atoms with Crippen molar-refractivity contribution in [2.75, 3.05) is 20.1 Å². The first-order valence-corrected chi connectivity index (χ1v) is 7.66. The third kappa shape index (κ3) is 6.74. The molecule has 22 heavy (non-hydrogen) atoms. The van der Waals surface area contributed by atoms with E-state index in [1.54, 1.807) is 0 Å². The summed E-state index contributed by atoms with van der Waals surface area (Å²) >= 11 is 0. The van der Waals surface area contributed by atoms with Gasteiger partial charge in [-0.05, 0) is 53.3 Å². The molecule has 0 N–H and O–H groups in total. The van der Waals surface area contributed by atoms with E-state index >= 15 is 0 Å². The zero-order chi connectivity index (χ0) is 16.8. The van der Waals surface area contributed by atoms with Crippen LogP contribution in [-0.4, -0.2) is 30.8 Å². The zero-order valence-electron chi connectivity index (χ0n) is 14.7. The predicted octanol–water partition coefficient (Wildman–Crippen LogP) is 4.02. The highest BCUT2D eigenvalue weighted by atomic mass is 16.1. The first-order valence-electron chi connectivity index (χ1n) is 7.66. The second-order valence-electron chi connectivity index (χ2n) is 6.86. The van der Waals surface area contributed by atoms with E-state index in [4.69, 9.17) is 0 Å². The Hall–Kier alpha value is -1.85. The lowest BCUT2D eigenvalue weighted by atomic mass is 9.98. The molecule has 2 heteroatoms. The summed E-state index contributed by atoms with van der Waals surface area (Å²) in [5.74, 6) is 6.35. The monoisotopic (exact) mass is 297 g/mol. The van der Waals surface area contributed by atoms with Gasteiger partial charge >= 0.3 is 0 Å². The van der Waals surface area contributed by atoms with Crippen molar-refractivity contribution >= 4 is 5.78 Å². The van der Waals surface area contributed by atoms with E-state index in [-0.39, 0.29) is 11.2 Å². The van der Waals surface area contributed by atoms with Crippen molar-refractivity contribution in [2.45, 2.75) is 34.6 Å². The average molecular weight is 297 g/mol. The molecule has 0 unspecified atom stereocenters. The van der Waals surface area contributed by atoms with Gasteiger partial charge in [0.25, 0.3) is 0 Å². The van der Waals surface area contributed by atoms with E-state index in [1.165, 1.54) is 5.56 Å². The van der Waals surface area contributed by atoms with E-state index < -0.39 is 0 Å². The van der Waals surface area contributed by atoms with Crippen LogP contribution in [0.1, 0.15) is 42.3 Å². The quantitative estimate of drug-likeness (QED) is 0.604. The molecule has 0 heterocycles. The molecule has 2 nitrogen and oxygen atoms in total. The molecule has 0 saturated heterocycles. The molecular formula is C20H27NO. The second kappa shape index (κ2) is 7.96. The van der Waals surface area contributed by atoms with E-state index in [2.05, 4.69) is 38.7 Å². The molecule has 0 aliphatic rings. The maximum absolute atomic E-state index is 12.3. The Morgan fingerprint density at radius 3 is 2.55 bits per heavy atom. The lowest BCUT2D eigenvalue weighted by molar-refractivity contribution is 0.0951. The summed E-state index contributed by atoms with van der Waals surface area (Å²) in [6, 6.07) is 5.96. The van der Waals surface area contributed by atoms with Crippen LogP contribution in [0.2, 0.25) is 0 Å². The number of rotatable bonds is 5. The summed E-state index contributed by atoms with van der Waals surface area (Å²) in [7, 11) is 1.95. The third-order valence-electron chi connectivity index (χ3n) is 3.16. The van der Waals surface area contributed by atoms with Crippen molar-refractivity contribution in [1.29, 1.82) is 0 Å². The lowest BCUT2D eigenvalue weighted by Crippen LogP contribution is -2.26. The molecule has 0 aliphatic carbocycles. The summed E-state index contributed by atoms with van der Waals surface area (Å²) in [6.45, 7) is 11.4. The van der Waals surface area contributed by atoms with Gasteiger partial charge in [0.1, 0.15) is 0 Å². The minimum absolute atomic E-state index is 0.0230. The summed E-state index contributed by atoms with van der Waals surface area (Å²) < 4.78 is 0. The summed E-state index contributed by atoms with van der Waals surface area (Å²) in [4.78, 5) is 14.3. The number of benzene rings is 1. The van der Waals surface area contributed by atoms with Gasteiger partial charge in [-0.1, -0.05) is 41.7 Å². The van der Waals surface area contributed by atoms with Crippen LogP contribution in [0.5, 0.6) is 0 Å². The van der Waals surface area contributed by atoms with Crippen LogP contribution in [0.3, 0.4) is 0 Å². The van der Waals surface area contributed by atoms with Gasteiger partial charge < -0.3 is 0 Å². The summed E-state index contributed by atoms with van der Waals surface area (Å²) in [6.07, 6.45) is 3.86. The molecular weight excluding hydrogens is 270 g/mol. The molecule has 0 amide bonds. The van der Waals surface area contributed by atoms with Crippen LogP contribution >= 0.6 is 0 Å². The Labute approximate surface area is 135 Å². The van der Waals surface area contributed by atoms with Crippen LogP contribution in [0.15, 0.2) is 30.4 Å². The van der Waals surface area contributed by atoms with Crippen molar-refractivity contribution in [2.24, 2.45) is 5.41 Å². The van der Waals surface area contributed by atoms with Gasteiger partial charge in [-0.3, -0.25) is 9.69 Å². The van der Waals surface area contributed by atoms with Crippen molar-refractivity contribution in [3.8, 4) is 11.8 Å². The summed E-state index contributed by atoms with van der Waals surface area (Å²) in [5.41, 5.74) is 3.07. The zero-order valence-corrected chi connectivity index (χ0v) is 14.7. The fraction of sp³-hybridized carbons (Fsp3) is 0.450. The van der Waals surface area contributed by atoms with E-state index in [9.17, 15) is 4.79 Å². The Balaban J connectivity index is 2.54. The lowest BCUT2D eigenvalue weighted by Gasteiger charge is -2.14. The highest BCUT2D eigenvalue weighted by Gasteiger charge is 2.11. The molecule has 0 aromatic heterocycles. The number of hydrogen-bond donors (Lipinski definition) is 0. The number of allylic oxidation sites excluding steroid dienone is 1. The number of carbonyl (C=O) groups excluding carboxylic acids is 1. The van der Waals surface area contributed by atoms with Gasteiger partial charge in [-0.25, -0.2) is 0 Å².